The lowest BCUT2D eigenvalue weighted by Crippen LogP contribution is -2.37. The first kappa shape index (κ1) is 21.5. The van der Waals surface area contributed by atoms with Crippen molar-refractivity contribution < 1.29 is 14.3 Å². The van der Waals surface area contributed by atoms with Crippen LogP contribution in [0.5, 0.6) is 0 Å². The maximum absolute atomic E-state index is 13.1. The van der Waals surface area contributed by atoms with Gasteiger partial charge in [-0.05, 0) is 30.5 Å². The highest BCUT2D eigenvalue weighted by atomic mass is 19.1. The molecule has 1 aliphatic heterocycles. The number of carbonyl (C=O) groups excluding carboxylic acids is 1. The zero-order valence-corrected chi connectivity index (χ0v) is 15.6. The van der Waals surface area contributed by atoms with Crippen LogP contribution in [0.4, 0.5) is 10.1 Å². The molecule has 0 saturated heterocycles. The maximum Gasteiger partial charge on any atom is 0.277 e. The van der Waals surface area contributed by atoms with Gasteiger partial charge in [0.05, 0.1) is 24.6 Å². The van der Waals surface area contributed by atoms with Gasteiger partial charge in [0.25, 0.3) is 5.56 Å². The van der Waals surface area contributed by atoms with Crippen molar-refractivity contribution in [1.82, 2.24) is 9.55 Å². The number of halogens is 1. The van der Waals surface area contributed by atoms with Crippen molar-refractivity contribution in [1.29, 1.82) is 0 Å². The molecule has 2 heterocycles. The van der Waals surface area contributed by atoms with Gasteiger partial charge in [0.15, 0.2) is 0 Å². The fraction of sp³-hybridized carbons (Fsp3) is 0.421. The van der Waals surface area contributed by atoms with Gasteiger partial charge in [-0.15, -0.1) is 0 Å². The highest BCUT2D eigenvalue weighted by Gasteiger charge is 2.28. The quantitative estimate of drug-likeness (QED) is 0.847. The van der Waals surface area contributed by atoms with Crippen molar-refractivity contribution in [2.24, 2.45) is 0 Å². The molecular weight excluding hydrogens is 337 g/mol. The lowest BCUT2D eigenvalue weighted by molar-refractivity contribution is -0.108. The molecule has 7 heteroatoms. The molecule has 0 fully saturated rings. The predicted molar refractivity (Wildman–Crippen MR) is 99.9 cm³/mol. The van der Waals surface area contributed by atoms with Gasteiger partial charge in [0, 0.05) is 14.2 Å². The summed E-state index contributed by atoms with van der Waals surface area (Å²) >= 11 is 0. The number of aldehydes is 1. The van der Waals surface area contributed by atoms with Gasteiger partial charge in [0.1, 0.15) is 17.8 Å². The van der Waals surface area contributed by atoms with Crippen LogP contribution in [0.1, 0.15) is 37.6 Å². The largest absolute Gasteiger partial charge is 0.400 e. The minimum absolute atomic E-state index is 0.00492. The highest BCUT2D eigenvalue weighted by Crippen LogP contribution is 2.34. The molecule has 1 aliphatic rings. The lowest BCUT2D eigenvalue weighted by Gasteiger charge is -2.35. The molecule has 0 saturated carbocycles. The van der Waals surface area contributed by atoms with Gasteiger partial charge in [0.2, 0.25) is 0 Å². The van der Waals surface area contributed by atoms with E-state index in [9.17, 15) is 14.0 Å². The molecule has 0 spiro atoms. The summed E-state index contributed by atoms with van der Waals surface area (Å²) < 4.78 is 14.4. The zero-order valence-electron chi connectivity index (χ0n) is 15.6. The molecule has 1 unspecified atom stereocenters. The molecule has 26 heavy (non-hydrogen) atoms. The number of rotatable bonds is 3. The van der Waals surface area contributed by atoms with Crippen molar-refractivity contribution in [2.45, 2.75) is 39.3 Å². The van der Waals surface area contributed by atoms with E-state index in [0.717, 1.165) is 24.8 Å². The van der Waals surface area contributed by atoms with Crippen molar-refractivity contribution in [2.75, 3.05) is 19.1 Å². The third-order valence-corrected chi connectivity index (χ3v) is 4.09. The minimum atomic E-state index is -0.280. The van der Waals surface area contributed by atoms with E-state index in [4.69, 9.17) is 5.11 Å². The van der Waals surface area contributed by atoms with Gasteiger partial charge < -0.3 is 14.8 Å². The molecule has 142 valence electrons. The Labute approximate surface area is 152 Å². The summed E-state index contributed by atoms with van der Waals surface area (Å²) in [6, 6.07) is 6.32. The molecule has 1 N–H and O–H groups in total. The van der Waals surface area contributed by atoms with Crippen LogP contribution in [0.25, 0.3) is 0 Å². The third-order valence-electron chi connectivity index (χ3n) is 4.09. The van der Waals surface area contributed by atoms with Gasteiger partial charge >= 0.3 is 0 Å². The normalized spacial score (nSPS) is 15.0. The molecular formula is C19H26FN3O3. The van der Waals surface area contributed by atoms with Crippen LogP contribution in [-0.4, -0.2) is 35.1 Å². The molecule has 0 radical (unpaired) electrons. The molecule has 3 rings (SSSR count). The molecule has 1 aromatic carbocycles. The Balaban J connectivity index is 0.000000791. The first-order valence-electron chi connectivity index (χ1n) is 8.56. The summed E-state index contributed by atoms with van der Waals surface area (Å²) in [4.78, 5) is 29.3. The Morgan fingerprint density at radius 2 is 1.88 bits per heavy atom. The molecule has 6 nitrogen and oxygen atoms in total. The second-order valence-electron chi connectivity index (χ2n) is 5.38. The fourth-order valence-electron chi connectivity index (χ4n) is 2.96. The summed E-state index contributed by atoms with van der Waals surface area (Å²) in [6.07, 6.45) is 3.58. The first-order chi connectivity index (χ1) is 12.6. The molecule has 2 aromatic rings. The topological polar surface area (TPSA) is 75.4 Å². The Morgan fingerprint density at radius 1 is 1.27 bits per heavy atom. The fourth-order valence-corrected chi connectivity index (χ4v) is 2.96. The highest BCUT2D eigenvalue weighted by molar-refractivity contribution is 5.54. The third kappa shape index (κ3) is 4.54. The van der Waals surface area contributed by atoms with E-state index in [0.29, 0.717) is 18.4 Å². The maximum atomic E-state index is 13.1. The number of hydrogen-bond acceptors (Lipinski definition) is 5. The smallest absolute Gasteiger partial charge is 0.277 e. The Bertz CT molecular complexity index is 760. The van der Waals surface area contributed by atoms with Crippen LogP contribution in [-0.2, 0) is 17.8 Å². The summed E-state index contributed by atoms with van der Waals surface area (Å²) in [6.45, 7) is 3.99. The average molecular weight is 363 g/mol. The zero-order chi connectivity index (χ0) is 19.7. The van der Waals surface area contributed by atoms with Gasteiger partial charge in [-0.2, -0.15) is 0 Å². The minimum Gasteiger partial charge on any atom is -0.400 e. The van der Waals surface area contributed by atoms with E-state index >= 15 is 0 Å². The second kappa shape index (κ2) is 10.5. The van der Waals surface area contributed by atoms with E-state index in [1.54, 1.807) is 12.1 Å². The van der Waals surface area contributed by atoms with Crippen LogP contribution >= 0.6 is 0 Å². The number of hydrogen-bond donors (Lipinski definition) is 1. The average Bonchev–Trinajstić information content (AvgIpc) is 2.68. The molecule has 0 amide bonds. The molecule has 1 aromatic heterocycles. The van der Waals surface area contributed by atoms with Gasteiger partial charge in [-0.3, -0.25) is 9.36 Å². The number of anilines is 1. The van der Waals surface area contributed by atoms with Crippen molar-refractivity contribution in [3.63, 3.8) is 0 Å². The standard InChI is InChI=1S/C16H16FN3O2.C2H6.CH4O/c1-19-14(11-2-4-12(17)5-3-11)7-6-13-15(19)16(22)20(8-9-21)10-18-13;2*1-2/h2-5,9-10,14H,6-8H2,1H3;1-2H3;2H,1H3. The van der Waals surface area contributed by atoms with Crippen LogP contribution in [0.2, 0.25) is 0 Å². The Hall–Kier alpha value is -2.54. The number of nitrogens with zero attached hydrogens (tertiary/aromatic N) is 3. The number of aryl methyl sites for hydroxylation is 1. The number of fused-ring (bicyclic) bond motifs is 1. The summed E-state index contributed by atoms with van der Waals surface area (Å²) in [5.41, 5.74) is 2.00. The number of aliphatic hydroxyl groups is 1. The van der Waals surface area contributed by atoms with Crippen molar-refractivity contribution >= 4 is 12.0 Å². The summed E-state index contributed by atoms with van der Waals surface area (Å²) in [7, 11) is 2.83. The molecule has 0 bridgehead atoms. The molecule has 1 atom stereocenters. The van der Waals surface area contributed by atoms with Crippen LogP contribution < -0.4 is 10.5 Å². The Kier molecular flexibility index (Phi) is 8.64. The van der Waals surface area contributed by atoms with Gasteiger partial charge in [-0.25, -0.2) is 9.37 Å². The predicted octanol–water partition coefficient (Wildman–Crippen LogP) is 2.34. The lowest BCUT2D eigenvalue weighted by atomic mass is 9.95. The monoisotopic (exact) mass is 363 g/mol. The number of benzene rings is 1. The first-order valence-corrected chi connectivity index (χ1v) is 8.56. The molecule has 0 aliphatic carbocycles. The van der Waals surface area contributed by atoms with Crippen LogP contribution in [0.15, 0.2) is 35.4 Å². The van der Waals surface area contributed by atoms with E-state index in [1.165, 1.54) is 23.0 Å². The number of aliphatic hydroxyl groups excluding tert-OH is 1. The number of carbonyl (C=O) groups is 1. The SMILES string of the molecule is CC.CN1c2c(ncn(CC=O)c2=O)CCC1c1ccc(F)cc1.CO. The second-order valence-corrected chi connectivity index (χ2v) is 5.38. The van der Waals surface area contributed by atoms with E-state index in [2.05, 4.69) is 4.98 Å². The summed E-state index contributed by atoms with van der Waals surface area (Å²) in [5.74, 6) is -0.280. The van der Waals surface area contributed by atoms with Gasteiger partial charge in [-0.1, -0.05) is 26.0 Å². The van der Waals surface area contributed by atoms with E-state index < -0.39 is 0 Å². The number of aromatic nitrogens is 2. The van der Waals surface area contributed by atoms with Crippen molar-refractivity contribution in [3.8, 4) is 0 Å². The van der Waals surface area contributed by atoms with Crippen LogP contribution in [0.3, 0.4) is 0 Å². The van der Waals surface area contributed by atoms with E-state index in [1.807, 2.05) is 25.8 Å². The van der Waals surface area contributed by atoms with Crippen molar-refractivity contribution in [3.05, 3.63) is 58.0 Å². The Morgan fingerprint density at radius 3 is 2.46 bits per heavy atom. The summed E-state index contributed by atoms with van der Waals surface area (Å²) in [5, 5.41) is 7.00. The van der Waals surface area contributed by atoms with E-state index in [-0.39, 0.29) is 24.0 Å². The van der Waals surface area contributed by atoms with Crippen LogP contribution in [0, 0.1) is 5.82 Å².